The standard InChI is InChI=1S/C27H41N3O5/c1-6-7-11-19(4)14-15-24(31)29-22(17-21-12-9-8-10-13-21)26(33)28-20(5)25(32)30-23(27(34)35)16-18(2)3/h8-10,12-15,18-20,22-23H,6-7,11,16-17H2,1-5H3,(H,28,33)(H,29,31)(H,30,32)(H,34,35)/b15-14+. The van der Waals surface area contributed by atoms with Crippen molar-refractivity contribution in [3.63, 3.8) is 0 Å². The van der Waals surface area contributed by atoms with Gasteiger partial charge in [0.2, 0.25) is 17.7 Å². The number of benzene rings is 1. The first-order valence-electron chi connectivity index (χ1n) is 12.4. The zero-order chi connectivity index (χ0) is 26.4. The molecule has 0 aromatic heterocycles. The highest BCUT2D eigenvalue weighted by Crippen LogP contribution is 2.09. The van der Waals surface area contributed by atoms with Crippen LogP contribution in [0.2, 0.25) is 0 Å². The van der Waals surface area contributed by atoms with E-state index in [0.29, 0.717) is 0 Å². The molecule has 3 amide bonds. The summed E-state index contributed by atoms with van der Waals surface area (Å²) in [6, 6.07) is 6.35. The third-order valence-electron chi connectivity index (χ3n) is 5.58. The van der Waals surface area contributed by atoms with Crippen LogP contribution >= 0.6 is 0 Å². The van der Waals surface area contributed by atoms with Gasteiger partial charge in [-0.15, -0.1) is 0 Å². The van der Waals surface area contributed by atoms with Gasteiger partial charge in [-0.2, -0.15) is 0 Å². The van der Waals surface area contributed by atoms with Gasteiger partial charge in [-0.25, -0.2) is 4.79 Å². The monoisotopic (exact) mass is 487 g/mol. The molecule has 0 bridgehead atoms. The molecule has 0 aliphatic heterocycles. The highest BCUT2D eigenvalue weighted by Gasteiger charge is 2.27. The lowest BCUT2D eigenvalue weighted by Crippen LogP contribution is -2.55. The molecule has 0 aliphatic carbocycles. The van der Waals surface area contributed by atoms with Crippen molar-refractivity contribution in [2.75, 3.05) is 0 Å². The summed E-state index contributed by atoms with van der Waals surface area (Å²) >= 11 is 0. The van der Waals surface area contributed by atoms with E-state index in [4.69, 9.17) is 0 Å². The number of carboxylic acid groups (broad SMARTS) is 1. The number of unbranched alkanes of at least 4 members (excludes halogenated alkanes) is 1. The molecule has 1 rings (SSSR count). The van der Waals surface area contributed by atoms with E-state index in [-0.39, 0.29) is 30.6 Å². The molecule has 35 heavy (non-hydrogen) atoms. The molecule has 0 saturated heterocycles. The Kier molecular flexibility index (Phi) is 13.4. The fourth-order valence-corrected chi connectivity index (χ4v) is 3.52. The van der Waals surface area contributed by atoms with Gasteiger partial charge in [-0.3, -0.25) is 14.4 Å². The van der Waals surface area contributed by atoms with Gasteiger partial charge in [-0.05, 0) is 43.2 Å². The van der Waals surface area contributed by atoms with Gasteiger partial charge >= 0.3 is 5.97 Å². The van der Waals surface area contributed by atoms with Crippen LogP contribution in [0.5, 0.6) is 0 Å². The molecule has 0 saturated carbocycles. The second-order valence-corrected chi connectivity index (χ2v) is 9.49. The van der Waals surface area contributed by atoms with Crippen LogP contribution in [0.15, 0.2) is 42.5 Å². The molecule has 4 atom stereocenters. The molecule has 8 heteroatoms. The Morgan fingerprint density at radius 3 is 2.14 bits per heavy atom. The summed E-state index contributed by atoms with van der Waals surface area (Å²) in [6.07, 6.45) is 6.94. The Labute approximate surface area is 208 Å². The number of carbonyl (C=O) groups excluding carboxylic acids is 3. The number of nitrogens with one attached hydrogen (secondary N) is 3. The molecule has 4 N–H and O–H groups in total. The van der Waals surface area contributed by atoms with Crippen molar-refractivity contribution in [3.8, 4) is 0 Å². The molecule has 1 aromatic rings. The minimum atomic E-state index is -1.13. The van der Waals surface area contributed by atoms with Crippen molar-refractivity contribution in [2.45, 2.75) is 84.8 Å². The molecule has 8 nitrogen and oxygen atoms in total. The van der Waals surface area contributed by atoms with E-state index in [1.165, 1.54) is 13.0 Å². The van der Waals surface area contributed by atoms with E-state index in [1.54, 1.807) is 0 Å². The van der Waals surface area contributed by atoms with Gasteiger partial charge in [0.05, 0.1) is 0 Å². The van der Waals surface area contributed by atoms with Crippen molar-refractivity contribution in [2.24, 2.45) is 11.8 Å². The van der Waals surface area contributed by atoms with E-state index in [0.717, 1.165) is 24.8 Å². The average molecular weight is 488 g/mol. The lowest BCUT2D eigenvalue weighted by molar-refractivity contribution is -0.142. The topological polar surface area (TPSA) is 125 Å². The minimum Gasteiger partial charge on any atom is -0.480 e. The van der Waals surface area contributed by atoms with Crippen molar-refractivity contribution >= 4 is 23.7 Å². The highest BCUT2D eigenvalue weighted by atomic mass is 16.4. The lowest BCUT2D eigenvalue weighted by atomic mass is 10.0. The maximum absolute atomic E-state index is 13.0. The zero-order valence-electron chi connectivity index (χ0n) is 21.5. The summed E-state index contributed by atoms with van der Waals surface area (Å²) in [5, 5.41) is 17.2. The van der Waals surface area contributed by atoms with Crippen LogP contribution in [-0.4, -0.2) is 46.9 Å². The first-order valence-corrected chi connectivity index (χ1v) is 12.4. The van der Waals surface area contributed by atoms with Crippen molar-refractivity contribution in [1.29, 1.82) is 0 Å². The summed E-state index contributed by atoms with van der Waals surface area (Å²) < 4.78 is 0. The number of hydrogen-bond donors (Lipinski definition) is 4. The number of hydrogen-bond acceptors (Lipinski definition) is 4. The first kappa shape index (κ1) is 29.9. The molecular weight excluding hydrogens is 446 g/mol. The molecule has 0 aliphatic rings. The molecular formula is C27H41N3O5. The predicted octanol–water partition coefficient (Wildman–Crippen LogP) is 3.22. The van der Waals surface area contributed by atoms with Gasteiger partial charge in [0.25, 0.3) is 0 Å². The summed E-state index contributed by atoms with van der Waals surface area (Å²) in [7, 11) is 0. The zero-order valence-corrected chi connectivity index (χ0v) is 21.5. The van der Waals surface area contributed by atoms with Crippen LogP contribution in [0.1, 0.15) is 65.9 Å². The second-order valence-electron chi connectivity index (χ2n) is 9.49. The Hall–Kier alpha value is -3.16. The Morgan fingerprint density at radius 2 is 1.57 bits per heavy atom. The number of aliphatic carboxylic acids is 1. The minimum absolute atomic E-state index is 0.0736. The quantitative estimate of drug-likeness (QED) is 0.283. The van der Waals surface area contributed by atoms with Gasteiger partial charge < -0.3 is 21.1 Å². The SMILES string of the molecule is CCCCC(C)/C=C/C(=O)NC(Cc1ccccc1)C(=O)NC(C)C(=O)NC(CC(C)C)C(=O)O. The van der Waals surface area contributed by atoms with Crippen LogP contribution in [0.4, 0.5) is 0 Å². The fourth-order valence-electron chi connectivity index (χ4n) is 3.52. The van der Waals surface area contributed by atoms with Crippen molar-refractivity contribution in [3.05, 3.63) is 48.0 Å². The number of amides is 3. The Bertz CT molecular complexity index is 854. The van der Waals surface area contributed by atoms with Crippen LogP contribution < -0.4 is 16.0 Å². The molecule has 1 aromatic carbocycles. The molecule has 4 unspecified atom stereocenters. The largest absolute Gasteiger partial charge is 0.480 e. The maximum atomic E-state index is 13.0. The molecule has 194 valence electrons. The number of carboxylic acids is 1. The summed E-state index contributed by atoms with van der Waals surface area (Å²) in [5.41, 5.74) is 0.855. The third kappa shape index (κ3) is 12.2. The summed E-state index contributed by atoms with van der Waals surface area (Å²) in [5.74, 6) is -2.30. The third-order valence-corrected chi connectivity index (χ3v) is 5.58. The normalized spacial score (nSPS) is 14.7. The summed E-state index contributed by atoms with van der Waals surface area (Å²) in [6.45, 7) is 9.37. The molecule has 0 radical (unpaired) electrons. The average Bonchev–Trinajstić information content (AvgIpc) is 2.80. The van der Waals surface area contributed by atoms with E-state index < -0.39 is 35.9 Å². The Morgan fingerprint density at radius 1 is 0.914 bits per heavy atom. The van der Waals surface area contributed by atoms with E-state index in [1.807, 2.05) is 57.2 Å². The second kappa shape index (κ2) is 15.7. The highest BCUT2D eigenvalue weighted by molar-refractivity contribution is 5.95. The smallest absolute Gasteiger partial charge is 0.326 e. The predicted molar refractivity (Wildman–Crippen MR) is 137 cm³/mol. The number of carbonyl (C=O) groups is 4. The van der Waals surface area contributed by atoms with Crippen LogP contribution in [0.3, 0.4) is 0 Å². The van der Waals surface area contributed by atoms with Gasteiger partial charge in [0, 0.05) is 6.42 Å². The first-order chi connectivity index (χ1) is 16.5. The van der Waals surface area contributed by atoms with E-state index >= 15 is 0 Å². The van der Waals surface area contributed by atoms with Gasteiger partial charge in [-0.1, -0.05) is 76.9 Å². The lowest BCUT2D eigenvalue weighted by Gasteiger charge is -2.23. The maximum Gasteiger partial charge on any atom is 0.326 e. The van der Waals surface area contributed by atoms with Crippen LogP contribution in [0.25, 0.3) is 0 Å². The van der Waals surface area contributed by atoms with Crippen molar-refractivity contribution in [1.82, 2.24) is 16.0 Å². The Balaban J connectivity index is 2.87. The van der Waals surface area contributed by atoms with Crippen LogP contribution in [-0.2, 0) is 25.6 Å². The number of allylic oxidation sites excluding steroid dienone is 1. The van der Waals surface area contributed by atoms with E-state index in [9.17, 15) is 24.3 Å². The van der Waals surface area contributed by atoms with Crippen LogP contribution in [0, 0.1) is 11.8 Å². The number of rotatable bonds is 15. The molecule has 0 fully saturated rings. The fraction of sp³-hybridized carbons (Fsp3) is 0.556. The van der Waals surface area contributed by atoms with Crippen molar-refractivity contribution < 1.29 is 24.3 Å². The molecule has 0 spiro atoms. The summed E-state index contributed by atoms with van der Waals surface area (Å²) in [4.78, 5) is 49.6. The van der Waals surface area contributed by atoms with Gasteiger partial charge in [0.1, 0.15) is 18.1 Å². The van der Waals surface area contributed by atoms with Gasteiger partial charge in [0.15, 0.2) is 0 Å². The molecule has 0 heterocycles. The van der Waals surface area contributed by atoms with E-state index in [2.05, 4.69) is 22.9 Å².